The Hall–Kier alpha value is -3.06. The molecule has 0 saturated carbocycles. The van der Waals surface area contributed by atoms with Crippen LogP contribution >= 0.6 is 0 Å². The number of methoxy groups -OCH3 is 1. The third-order valence-corrected chi connectivity index (χ3v) is 5.51. The molecule has 0 fully saturated rings. The molecule has 2 aromatic carbocycles. The summed E-state index contributed by atoms with van der Waals surface area (Å²) in [4.78, 5) is 4.27. The lowest BCUT2D eigenvalue weighted by Crippen LogP contribution is -2.15. The molecule has 0 spiro atoms. The summed E-state index contributed by atoms with van der Waals surface area (Å²) in [6.07, 6.45) is 1.57. The molecule has 140 valence electrons. The van der Waals surface area contributed by atoms with Crippen LogP contribution in [0.3, 0.4) is 0 Å². The summed E-state index contributed by atoms with van der Waals surface area (Å²) in [5.74, 6) is 0.529. The predicted molar refractivity (Wildman–Crippen MR) is 107 cm³/mol. The number of ether oxygens (including phenoxy) is 1. The summed E-state index contributed by atoms with van der Waals surface area (Å²) in [5.41, 5.74) is 3.51. The topological polar surface area (TPSA) is 80.3 Å². The van der Waals surface area contributed by atoms with Crippen LogP contribution in [-0.2, 0) is 10.0 Å². The molecule has 2 N–H and O–H groups in total. The van der Waals surface area contributed by atoms with Crippen molar-refractivity contribution in [3.8, 4) is 5.75 Å². The molecule has 27 heavy (non-hydrogen) atoms. The maximum atomic E-state index is 12.8. The van der Waals surface area contributed by atoms with Gasteiger partial charge in [-0.05, 0) is 61.4 Å². The standard InChI is InChI=1S/C20H21N3O3S/c1-14-11-18(26-3)19(12-15(14)2)27(24,25)23-20-10-9-17(13-21-20)22-16-7-5-4-6-8-16/h4-13,22H,1-3H3,(H,21,23). The van der Waals surface area contributed by atoms with Crippen molar-refractivity contribution in [2.24, 2.45) is 0 Å². The van der Waals surface area contributed by atoms with Crippen LogP contribution in [0.5, 0.6) is 5.75 Å². The zero-order valence-corrected chi connectivity index (χ0v) is 16.2. The number of pyridine rings is 1. The van der Waals surface area contributed by atoms with E-state index in [2.05, 4.69) is 15.0 Å². The lowest BCUT2D eigenvalue weighted by atomic mass is 10.1. The van der Waals surface area contributed by atoms with E-state index < -0.39 is 10.0 Å². The number of anilines is 3. The van der Waals surface area contributed by atoms with Gasteiger partial charge in [-0.2, -0.15) is 0 Å². The summed E-state index contributed by atoms with van der Waals surface area (Å²) in [7, 11) is -2.38. The Morgan fingerprint density at radius 1 is 0.926 bits per heavy atom. The molecular weight excluding hydrogens is 362 g/mol. The number of sulfonamides is 1. The fourth-order valence-electron chi connectivity index (χ4n) is 2.54. The Kier molecular flexibility index (Phi) is 5.32. The van der Waals surface area contributed by atoms with Gasteiger partial charge in [0.15, 0.2) is 0 Å². The summed E-state index contributed by atoms with van der Waals surface area (Å²) in [6.45, 7) is 3.76. The predicted octanol–water partition coefficient (Wildman–Crippen LogP) is 4.25. The van der Waals surface area contributed by atoms with Gasteiger partial charge in [-0.3, -0.25) is 4.72 Å². The van der Waals surface area contributed by atoms with E-state index in [0.29, 0.717) is 5.75 Å². The number of benzene rings is 2. The van der Waals surface area contributed by atoms with Gasteiger partial charge in [-0.15, -0.1) is 0 Å². The van der Waals surface area contributed by atoms with Crippen LogP contribution in [0, 0.1) is 13.8 Å². The number of aryl methyl sites for hydroxylation is 2. The van der Waals surface area contributed by atoms with Gasteiger partial charge >= 0.3 is 0 Å². The summed E-state index contributed by atoms with van der Waals surface area (Å²) >= 11 is 0. The van der Waals surface area contributed by atoms with Gasteiger partial charge in [-0.1, -0.05) is 18.2 Å². The molecule has 0 aliphatic rings. The molecule has 3 rings (SSSR count). The van der Waals surface area contributed by atoms with Crippen LogP contribution in [0.15, 0.2) is 65.7 Å². The van der Waals surface area contributed by atoms with E-state index in [0.717, 1.165) is 22.5 Å². The van der Waals surface area contributed by atoms with Gasteiger partial charge < -0.3 is 10.1 Å². The second-order valence-electron chi connectivity index (χ2n) is 6.12. The van der Waals surface area contributed by atoms with E-state index in [9.17, 15) is 8.42 Å². The number of rotatable bonds is 6. The maximum Gasteiger partial charge on any atom is 0.266 e. The molecule has 0 aliphatic heterocycles. The van der Waals surface area contributed by atoms with Crippen LogP contribution in [0.1, 0.15) is 11.1 Å². The first-order chi connectivity index (χ1) is 12.9. The molecule has 1 aromatic heterocycles. The number of nitrogens with one attached hydrogen (secondary N) is 2. The van der Waals surface area contributed by atoms with Gasteiger partial charge in [-0.25, -0.2) is 13.4 Å². The largest absolute Gasteiger partial charge is 0.495 e. The minimum Gasteiger partial charge on any atom is -0.495 e. The molecule has 1 heterocycles. The normalized spacial score (nSPS) is 11.1. The molecular formula is C20H21N3O3S. The highest BCUT2D eigenvalue weighted by Gasteiger charge is 2.21. The highest BCUT2D eigenvalue weighted by atomic mass is 32.2. The minimum absolute atomic E-state index is 0.0846. The summed E-state index contributed by atoms with van der Waals surface area (Å²) in [6, 6.07) is 16.3. The summed E-state index contributed by atoms with van der Waals surface area (Å²) in [5, 5.41) is 3.20. The molecule has 0 amide bonds. The van der Waals surface area contributed by atoms with Crippen LogP contribution in [0.4, 0.5) is 17.2 Å². The second kappa shape index (κ2) is 7.67. The molecule has 0 unspecified atom stereocenters. The number of para-hydroxylation sites is 1. The van der Waals surface area contributed by atoms with Crippen molar-refractivity contribution < 1.29 is 13.2 Å². The molecule has 6 nitrogen and oxygen atoms in total. The minimum atomic E-state index is -3.82. The summed E-state index contributed by atoms with van der Waals surface area (Å²) < 4.78 is 33.3. The zero-order chi connectivity index (χ0) is 19.4. The third kappa shape index (κ3) is 4.38. The molecule has 0 radical (unpaired) electrons. The van der Waals surface area contributed by atoms with Crippen molar-refractivity contribution in [1.29, 1.82) is 0 Å². The van der Waals surface area contributed by atoms with Crippen LogP contribution in [0.25, 0.3) is 0 Å². The third-order valence-electron chi connectivity index (χ3n) is 4.13. The maximum absolute atomic E-state index is 12.8. The van der Waals surface area contributed by atoms with Crippen molar-refractivity contribution in [3.63, 3.8) is 0 Å². The fourth-order valence-corrected chi connectivity index (χ4v) is 3.79. The van der Waals surface area contributed by atoms with E-state index >= 15 is 0 Å². The number of nitrogens with zero attached hydrogens (tertiary/aromatic N) is 1. The van der Waals surface area contributed by atoms with Crippen LogP contribution in [-0.4, -0.2) is 20.5 Å². The lowest BCUT2D eigenvalue weighted by molar-refractivity contribution is 0.402. The first kappa shape index (κ1) is 18.7. The fraction of sp³-hybridized carbons (Fsp3) is 0.150. The second-order valence-corrected chi connectivity index (χ2v) is 7.77. The Morgan fingerprint density at radius 2 is 1.63 bits per heavy atom. The van der Waals surface area contributed by atoms with Gasteiger partial charge in [0.2, 0.25) is 0 Å². The zero-order valence-electron chi connectivity index (χ0n) is 15.4. The highest BCUT2D eigenvalue weighted by Crippen LogP contribution is 2.29. The van der Waals surface area contributed by atoms with E-state index in [4.69, 9.17) is 4.74 Å². The molecule has 3 aromatic rings. The Labute approximate surface area is 159 Å². The molecule has 0 bridgehead atoms. The molecule has 0 atom stereocenters. The quantitative estimate of drug-likeness (QED) is 0.665. The first-order valence-corrected chi connectivity index (χ1v) is 9.83. The number of hydrogen-bond acceptors (Lipinski definition) is 5. The first-order valence-electron chi connectivity index (χ1n) is 8.35. The average Bonchev–Trinajstić information content (AvgIpc) is 2.65. The molecule has 0 saturated heterocycles. The Morgan fingerprint density at radius 3 is 2.26 bits per heavy atom. The van der Waals surface area contributed by atoms with Crippen molar-refractivity contribution in [1.82, 2.24) is 4.98 Å². The smallest absolute Gasteiger partial charge is 0.266 e. The van der Waals surface area contributed by atoms with Gasteiger partial charge in [0.25, 0.3) is 10.0 Å². The van der Waals surface area contributed by atoms with Crippen molar-refractivity contribution >= 4 is 27.2 Å². The average molecular weight is 383 g/mol. The Bertz CT molecular complexity index is 1030. The molecule has 7 heteroatoms. The van der Waals surface area contributed by atoms with Gasteiger partial charge in [0.1, 0.15) is 16.5 Å². The van der Waals surface area contributed by atoms with Crippen molar-refractivity contribution in [2.45, 2.75) is 18.7 Å². The Balaban J connectivity index is 1.81. The van der Waals surface area contributed by atoms with E-state index in [1.165, 1.54) is 7.11 Å². The van der Waals surface area contributed by atoms with Crippen molar-refractivity contribution in [3.05, 3.63) is 71.9 Å². The number of hydrogen-bond donors (Lipinski definition) is 2. The SMILES string of the molecule is COc1cc(C)c(C)cc1S(=O)(=O)Nc1ccc(Nc2ccccc2)cn1. The van der Waals surface area contributed by atoms with E-state index in [1.54, 1.807) is 30.5 Å². The van der Waals surface area contributed by atoms with Crippen molar-refractivity contribution in [2.75, 3.05) is 17.1 Å². The van der Waals surface area contributed by atoms with Crippen LogP contribution < -0.4 is 14.8 Å². The van der Waals surface area contributed by atoms with Gasteiger partial charge in [0.05, 0.1) is 19.0 Å². The number of aromatic nitrogens is 1. The monoisotopic (exact) mass is 383 g/mol. The van der Waals surface area contributed by atoms with E-state index in [1.807, 2.05) is 44.2 Å². The molecule has 0 aliphatic carbocycles. The lowest BCUT2D eigenvalue weighted by Gasteiger charge is -2.14. The van der Waals surface area contributed by atoms with E-state index in [-0.39, 0.29) is 10.7 Å². The highest BCUT2D eigenvalue weighted by molar-refractivity contribution is 7.92. The van der Waals surface area contributed by atoms with Crippen LogP contribution in [0.2, 0.25) is 0 Å². The van der Waals surface area contributed by atoms with Gasteiger partial charge in [0, 0.05) is 5.69 Å².